The SMILES string of the molecule is CCCNC(CN1CCC(C)(C)C1)C1CCCCC1. The number of likely N-dealkylation sites (tertiary alicyclic amines) is 1. The van der Waals surface area contributed by atoms with Crippen molar-refractivity contribution in [3.8, 4) is 0 Å². The van der Waals surface area contributed by atoms with Gasteiger partial charge < -0.3 is 10.2 Å². The van der Waals surface area contributed by atoms with Crippen molar-refractivity contribution in [3.63, 3.8) is 0 Å². The summed E-state index contributed by atoms with van der Waals surface area (Å²) >= 11 is 0. The normalized spacial score (nSPS) is 26.7. The van der Waals surface area contributed by atoms with E-state index in [1.807, 2.05) is 0 Å². The Morgan fingerprint density at radius 3 is 2.53 bits per heavy atom. The largest absolute Gasteiger partial charge is 0.312 e. The lowest BCUT2D eigenvalue weighted by Crippen LogP contribution is -2.46. The van der Waals surface area contributed by atoms with E-state index in [9.17, 15) is 0 Å². The Morgan fingerprint density at radius 2 is 1.95 bits per heavy atom. The van der Waals surface area contributed by atoms with Crippen LogP contribution in [0, 0.1) is 11.3 Å². The van der Waals surface area contributed by atoms with Crippen LogP contribution in [0.4, 0.5) is 0 Å². The fourth-order valence-corrected chi connectivity index (χ4v) is 3.90. The van der Waals surface area contributed by atoms with Crippen molar-refractivity contribution < 1.29 is 0 Å². The fourth-order valence-electron chi connectivity index (χ4n) is 3.90. The van der Waals surface area contributed by atoms with Gasteiger partial charge in [0.25, 0.3) is 0 Å². The minimum Gasteiger partial charge on any atom is -0.312 e. The molecule has 1 aliphatic carbocycles. The van der Waals surface area contributed by atoms with Crippen LogP contribution >= 0.6 is 0 Å². The molecule has 1 atom stereocenters. The van der Waals surface area contributed by atoms with E-state index in [1.165, 1.54) is 71.1 Å². The van der Waals surface area contributed by atoms with Crippen LogP contribution in [-0.2, 0) is 0 Å². The molecular formula is C17H34N2. The summed E-state index contributed by atoms with van der Waals surface area (Å²) in [6.45, 7) is 12.2. The number of hydrogen-bond donors (Lipinski definition) is 1. The van der Waals surface area contributed by atoms with E-state index < -0.39 is 0 Å². The molecule has 0 radical (unpaired) electrons. The third-order valence-electron chi connectivity index (χ3n) is 5.09. The van der Waals surface area contributed by atoms with Crippen LogP contribution in [0.25, 0.3) is 0 Å². The second-order valence-corrected chi connectivity index (χ2v) is 7.61. The third-order valence-corrected chi connectivity index (χ3v) is 5.09. The van der Waals surface area contributed by atoms with Crippen LogP contribution in [0.3, 0.4) is 0 Å². The summed E-state index contributed by atoms with van der Waals surface area (Å²) in [4.78, 5) is 2.71. The molecule has 1 aliphatic heterocycles. The van der Waals surface area contributed by atoms with E-state index in [0.29, 0.717) is 5.41 Å². The molecule has 0 aromatic rings. The van der Waals surface area contributed by atoms with Crippen molar-refractivity contribution in [1.29, 1.82) is 0 Å². The fraction of sp³-hybridized carbons (Fsp3) is 1.00. The van der Waals surface area contributed by atoms with Crippen molar-refractivity contribution in [1.82, 2.24) is 10.2 Å². The number of nitrogens with zero attached hydrogens (tertiary/aromatic N) is 1. The molecule has 1 saturated carbocycles. The van der Waals surface area contributed by atoms with Crippen LogP contribution < -0.4 is 5.32 Å². The highest BCUT2D eigenvalue weighted by molar-refractivity contribution is 4.88. The van der Waals surface area contributed by atoms with Gasteiger partial charge in [0.2, 0.25) is 0 Å². The molecule has 2 heteroatoms. The Bertz CT molecular complexity index is 256. The van der Waals surface area contributed by atoms with E-state index in [0.717, 1.165) is 12.0 Å². The Kier molecular flexibility index (Phi) is 5.70. The van der Waals surface area contributed by atoms with Gasteiger partial charge in [-0.25, -0.2) is 0 Å². The van der Waals surface area contributed by atoms with Gasteiger partial charge in [0, 0.05) is 19.1 Å². The van der Waals surface area contributed by atoms with Crippen molar-refractivity contribution >= 4 is 0 Å². The minimum atomic E-state index is 0.544. The average molecular weight is 266 g/mol. The maximum atomic E-state index is 3.85. The highest BCUT2D eigenvalue weighted by Crippen LogP contribution is 2.31. The van der Waals surface area contributed by atoms with Crippen LogP contribution in [0.5, 0.6) is 0 Å². The molecule has 0 bridgehead atoms. The molecule has 2 aliphatic rings. The Hall–Kier alpha value is -0.0800. The lowest BCUT2D eigenvalue weighted by Gasteiger charge is -2.34. The molecular weight excluding hydrogens is 232 g/mol. The zero-order valence-electron chi connectivity index (χ0n) is 13.4. The molecule has 0 aromatic carbocycles. The van der Waals surface area contributed by atoms with E-state index in [4.69, 9.17) is 0 Å². The molecule has 2 fully saturated rings. The molecule has 112 valence electrons. The van der Waals surface area contributed by atoms with Crippen LogP contribution in [0.1, 0.15) is 65.7 Å². The van der Waals surface area contributed by atoms with Gasteiger partial charge in [-0.1, -0.05) is 40.0 Å². The maximum Gasteiger partial charge on any atom is 0.0223 e. The Balaban J connectivity index is 1.86. The highest BCUT2D eigenvalue weighted by atomic mass is 15.2. The van der Waals surface area contributed by atoms with Gasteiger partial charge in [0.05, 0.1) is 0 Å². The molecule has 0 spiro atoms. The summed E-state index contributed by atoms with van der Waals surface area (Å²) in [5.41, 5.74) is 0.544. The zero-order chi connectivity index (χ0) is 13.7. The second kappa shape index (κ2) is 7.08. The quantitative estimate of drug-likeness (QED) is 0.789. The molecule has 2 rings (SSSR count). The molecule has 2 nitrogen and oxygen atoms in total. The highest BCUT2D eigenvalue weighted by Gasteiger charge is 2.32. The first-order valence-corrected chi connectivity index (χ1v) is 8.56. The summed E-state index contributed by atoms with van der Waals surface area (Å²) in [5, 5.41) is 3.85. The predicted octanol–water partition coefficient (Wildman–Crippen LogP) is 3.67. The minimum absolute atomic E-state index is 0.544. The van der Waals surface area contributed by atoms with Gasteiger partial charge >= 0.3 is 0 Å². The molecule has 1 saturated heterocycles. The number of nitrogens with one attached hydrogen (secondary N) is 1. The van der Waals surface area contributed by atoms with E-state index in [1.54, 1.807) is 0 Å². The molecule has 1 heterocycles. The van der Waals surface area contributed by atoms with Gasteiger partial charge in [0.15, 0.2) is 0 Å². The Morgan fingerprint density at radius 1 is 1.21 bits per heavy atom. The third kappa shape index (κ3) is 4.75. The van der Waals surface area contributed by atoms with Crippen LogP contribution in [0.2, 0.25) is 0 Å². The smallest absolute Gasteiger partial charge is 0.0223 e. The first-order chi connectivity index (χ1) is 9.11. The lowest BCUT2D eigenvalue weighted by molar-refractivity contribution is 0.194. The predicted molar refractivity (Wildman–Crippen MR) is 83.5 cm³/mol. The van der Waals surface area contributed by atoms with Crippen molar-refractivity contribution in [2.75, 3.05) is 26.2 Å². The summed E-state index contributed by atoms with van der Waals surface area (Å²) in [7, 11) is 0. The van der Waals surface area contributed by atoms with Gasteiger partial charge in [-0.3, -0.25) is 0 Å². The first-order valence-electron chi connectivity index (χ1n) is 8.56. The van der Waals surface area contributed by atoms with E-state index in [2.05, 4.69) is 31.0 Å². The Labute approximate surface area is 120 Å². The maximum absolute atomic E-state index is 3.85. The summed E-state index contributed by atoms with van der Waals surface area (Å²) in [5.74, 6) is 0.934. The molecule has 0 aromatic heterocycles. The first kappa shape index (κ1) is 15.3. The second-order valence-electron chi connectivity index (χ2n) is 7.61. The molecule has 1 N–H and O–H groups in total. The van der Waals surface area contributed by atoms with E-state index >= 15 is 0 Å². The lowest BCUT2D eigenvalue weighted by atomic mass is 9.83. The summed E-state index contributed by atoms with van der Waals surface area (Å²) < 4.78 is 0. The van der Waals surface area contributed by atoms with Gasteiger partial charge in [-0.2, -0.15) is 0 Å². The molecule has 19 heavy (non-hydrogen) atoms. The molecule has 0 amide bonds. The van der Waals surface area contributed by atoms with Crippen molar-refractivity contribution in [2.24, 2.45) is 11.3 Å². The average Bonchev–Trinajstić information content (AvgIpc) is 2.75. The van der Waals surface area contributed by atoms with Crippen molar-refractivity contribution in [3.05, 3.63) is 0 Å². The summed E-state index contributed by atoms with van der Waals surface area (Å²) in [6.07, 6.45) is 9.93. The van der Waals surface area contributed by atoms with Gasteiger partial charge in [-0.15, -0.1) is 0 Å². The number of hydrogen-bond acceptors (Lipinski definition) is 2. The van der Waals surface area contributed by atoms with E-state index in [-0.39, 0.29) is 0 Å². The standard InChI is InChI=1S/C17H34N2/c1-4-11-18-16(15-8-6-5-7-9-15)13-19-12-10-17(2,3)14-19/h15-16,18H,4-14H2,1-3H3. The van der Waals surface area contributed by atoms with Gasteiger partial charge in [0.1, 0.15) is 0 Å². The monoisotopic (exact) mass is 266 g/mol. The van der Waals surface area contributed by atoms with Crippen LogP contribution in [-0.4, -0.2) is 37.1 Å². The zero-order valence-corrected chi connectivity index (χ0v) is 13.4. The van der Waals surface area contributed by atoms with Crippen molar-refractivity contribution in [2.45, 2.75) is 71.8 Å². The van der Waals surface area contributed by atoms with Crippen LogP contribution in [0.15, 0.2) is 0 Å². The van der Waals surface area contributed by atoms with Gasteiger partial charge in [-0.05, 0) is 50.1 Å². The number of rotatable bonds is 6. The summed E-state index contributed by atoms with van der Waals surface area (Å²) in [6, 6.07) is 0.745. The molecule has 1 unspecified atom stereocenters. The topological polar surface area (TPSA) is 15.3 Å².